The lowest BCUT2D eigenvalue weighted by molar-refractivity contribution is -0.146. The van der Waals surface area contributed by atoms with Crippen LogP contribution in [0.3, 0.4) is 0 Å². The van der Waals surface area contributed by atoms with Crippen molar-refractivity contribution in [2.75, 3.05) is 12.4 Å². The Morgan fingerprint density at radius 2 is 1.75 bits per heavy atom. The van der Waals surface area contributed by atoms with E-state index >= 15 is 0 Å². The molecule has 2 aromatic carbocycles. The van der Waals surface area contributed by atoms with Crippen LogP contribution in [0.15, 0.2) is 48.5 Å². The standard InChI is InChI=1S/C25H33Cl2NO3S/c1-6-21(16-32-24(2,3)4)28-25(5,18-10-12-19(26)13-11-18)23(31-15-22(29)30)17-8-7-9-20(27)14-17/h7-14,21,23,28H,6,15-16H2,1-5H3,(H,29,30)/t21-,23+,25+/m0/s1. The van der Waals surface area contributed by atoms with Crippen molar-refractivity contribution >= 4 is 40.9 Å². The lowest BCUT2D eigenvalue weighted by atomic mass is 9.81. The summed E-state index contributed by atoms with van der Waals surface area (Å²) in [5.74, 6) is -0.115. The molecule has 32 heavy (non-hydrogen) atoms. The van der Waals surface area contributed by atoms with E-state index in [0.29, 0.717) is 10.0 Å². The van der Waals surface area contributed by atoms with E-state index in [1.54, 1.807) is 6.07 Å². The zero-order valence-corrected chi connectivity index (χ0v) is 21.7. The molecule has 0 aromatic heterocycles. The highest BCUT2D eigenvalue weighted by Gasteiger charge is 2.40. The van der Waals surface area contributed by atoms with Crippen molar-refractivity contribution in [3.8, 4) is 0 Å². The summed E-state index contributed by atoms with van der Waals surface area (Å²) in [4.78, 5) is 11.4. The molecule has 0 aliphatic rings. The van der Waals surface area contributed by atoms with E-state index in [9.17, 15) is 9.90 Å². The van der Waals surface area contributed by atoms with Gasteiger partial charge in [-0.15, -0.1) is 0 Å². The second kappa shape index (κ2) is 11.8. The summed E-state index contributed by atoms with van der Waals surface area (Å²) >= 11 is 14.3. The van der Waals surface area contributed by atoms with E-state index in [-0.39, 0.29) is 10.8 Å². The van der Waals surface area contributed by atoms with Gasteiger partial charge in [0.1, 0.15) is 12.7 Å². The molecule has 0 spiro atoms. The lowest BCUT2D eigenvalue weighted by Crippen LogP contribution is -2.51. The molecular formula is C25H33Cl2NO3S. The van der Waals surface area contributed by atoms with Crippen LogP contribution in [0, 0.1) is 0 Å². The molecule has 0 saturated carbocycles. The smallest absolute Gasteiger partial charge is 0.329 e. The Bertz CT molecular complexity index is 886. The first-order chi connectivity index (χ1) is 14.9. The van der Waals surface area contributed by atoms with Gasteiger partial charge in [0, 0.05) is 26.6 Å². The minimum Gasteiger partial charge on any atom is -0.480 e. The number of hydrogen-bond donors (Lipinski definition) is 2. The summed E-state index contributed by atoms with van der Waals surface area (Å²) in [6.07, 6.45) is 0.320. The summed E-state index contributed by atoms with van der Waals surface area (Å²) < 4.78 is 6.16. The van der Waals surface area contributed by atoms with Crippen molar-refractivity contribution in [1.29, 1.82) is 0 Å². The van der Waals surface area contributed by atoms with Crippen LogP contribution in [-0.4, -0.2) is 34.2 Å². The van der Waals surface area contributed by atoms with Crippen molar-refractivity contribution in [2.45, 2.75) is 63.5 Å². The Balaban J connectivity index is 2.54. The van der Waals surface area contributed by atoms with Gasteiger partial charge in [-0.25, -0.2) is 4.79 Å². The van der Waals surface area contributed by atoms with Crippen LogP contribution in [0.25, 0.3) is 0 Å². The molecule has 0 saturated heterocycles. The Labute approximate surface area is 206 Å². The van der Waals surface area contributed by atoms with Gasteiger partial charge in [-0.1, -0.05) is 75.2 Å². The maximum Gasteiger partial charge on any atom is 0.329 e. The first kappa shape index (κ1) is 27.0. The molecule has 2 aromatic rings. The van der Waals surface area contributed by atoms with Gasteiger partial charge < -0.3 is 15.2 Å². The Morgan fingerprint density at radius 3 is 2.28 bits per heavy atom. The molecule has 0 aliphatic heterocycles. The van der Waals surface area contributed by atoms with Gasteiger partial charge in [-0.05, 0) is 48.7 Å². The normalized spacial score (nSPS) is 15.7. The minimum absolute atomic E-state index is 0.137. The van der Waals surface area contributed by atoms with Crippen LogP contribution < -0.4 is 5.32 Å². The molecule has 0 radical (unpaired) electrons. The third-order valence-corrected chi connectivity index (χ3v) is 7.13. The molecular weight excluding hydrogens is 465 g/mol. The minimum atomic E-state index is -1.02. The highest BCUT2D eigenvalue weighted by atomic mass is 35.5. The molecule has 7 heteroatoms. The fourth-order valence-electron chi connectivity index (χ4n) is 3.56. The number of rotatable bonds is 11. The monoisotopic (exact) mass is 497 g/mol. The second-order valence-corrected chi connectivity index (χ2v) is 11.7. The van der Waals surface area contributed by atoms with Crippen molar-refractivity contribution in [1.82, 2.24) is 5.32 Å². The van der Waals surface area contributed by atoms with Crippen LogP contribution in [0.4, 0.5) is 0 Å². The molecule has 2 rings (SSSR count). The summed E-state index contributed by atoms with van der Waals surface area (Å²) in [6, 6.07) is 15.2. The van der Waals surface area contributed by atoms with Crippen LogP contribution in [0.1, 0.15) is 58.3 Å². The SMILES string of the molecule is CC[C@@H](CSC(C)(C)C)N[C@](C)(c1ccc(Cl)cc1)[C@H](OCC(=O)O)c1cccc(Cl)c1. The van der Waals surface area contributed by atoms with E-state index in [1.807, 2.05) is 61.2 Å². The predicted octanol–water partition coefficient (Wildman–Crippen LogP) is 6.95. The number of hydrogen-bond acceptors (Lipinski definition) is 4. The van der Waals surface area contributed by atoms with Crippen LogP contribution in [0.2, 0.25) is 10.0 Å². The molecule has 2 N–H and O–H groups in total. The number of nitrogens with one attached hydrogen (secondary N) is 1. The molecule has 0 fully saturated rings. The van der Waals surface area contributed by atoms with E-state index in [2.05, 4.69) is 33.0 Å². The summed E-state index contributed by atoms with van der Waals surface area (Å²) in [7, 11) is 0. The first-order valence-electron chi connectivity index (χ1n) is 10.7. The third kappa shape index (κ3) is 7.96. The number of halogens is 2. The molecule has 0 unspecified atom stereocenters. The molecule has 4 nitrogen and oxygen atoms in total. The number of benzene rings is 2. The summed E-state index contributed by atoms with van der Waals surface area (Å²) in [6.45, 7) is 10.4. The number of carboxylic acid groups (broad SMARTS) is 1. The van der Waals surface area contributed by atoms with Crippen LogP contribution in [-0.2, 0) is 15.1 Å². The first-order valence-corrected chi connectivity index (χ1v) is 12.5. The topological polar surface area (TPSA) is 58.6 Å². The average Bonchev–Trinajstić information content (AvgIpc) is 2.71. The fourth-order valence-corrected chi connectivity index (χ4v) is 4.91. The van der Waals surface area contributed by atoms with E-state index in [1.165, 1.54) is 0 Å². The van der Waals surface area contributed by atoms with Crippen molar-refractivity contribution in [2.24, 2.45) is 0 Å². The molecule has 0 bridgehead atoms. The number of carbonyl (C=O) groups is 1. The zero-order valence-electron chi connectivity index (χ0n) is 19.3. The van der Waals surface area contributed by atoms with Crippen LogP contribution >= 0.6 is 35.0 Å². The number of ether oxygens (including phenoxy) is 1. The molecule has 3 atom stereocenters. The molecule has 0 amide bonds. The maximum absolute atomic E-state index is 11.4. The number of carboxylic acids is 1. The van der Waals surface area contributed by atoms with E-state index in [0.717, 1.165) is 23.3 Å². The number of aliphatic carboxylic acids is 1. The fraction of sp³-hybridized carbons (Fsp3) is 0.480. The van der Waals surface area contributed by atoms with Crippen molar-refractivity contribution < 1.29 is 14.6 Å². The molecule has 176 valence electrons. The van der Waals surface area contributed by atoms with Gasteiger partial charge in [0.2, 0.25) is 0 Å². The predicted molar refractivity (Wildman–Crippen MR) is 136 cm³/mol. The Hall–Kier alpha value is -1.24. The highest BCUT2D eigenvalue weighted by Crippen LogP contribution is 2.40. The van der Waals surface area contributed by atoms with Gasteiger partial charge in [0.05, 0.1) is 5.54 Å². The Morgan fingerprint density at radius 1 is 1.09 bits per heavy atom. The number of thioether (sulfide) groups is 1. The van der Waals surface area contributed by atoms with Crippen molar-refractivity contribution in [3.63, 3.8) is 0 Å². The van der Waals surface area contributed by atoms with Gasteiger partial charge in [-0.3, -0.25) is 0 Å². The Kier molecular flexibility index (Phi) is 9.92. The van der Waals surface area contributed by atoms with Gasteiger partial charge >= 0.3 is 5.97 Å². The van der Waals surface area contributed by atoms with Gasteiger partial charge in [-0.2, -0.15) is 11.8 Å². The quantitative estimate of drug-likeness (QED) is 0.351. The average molecular weight is 499 g/mol. The van der Waals surface area contributed by atoms with E-state index in [4.69, 9.17) is 27.9 Å². The highest BCUT2D eigenvalue weighted by molar-refractivity contribution is 8.00. The zero-order chi connectivity index (χ0) is 23.9. The van der Waals surface area contributed by atoms with Gasteiger partial charge in [0.25, 0.3) is 0 Å². The van der Waals surface area contributed by atoms with E-state index < -0.39 is 24.2 Å². The largest absolute Gasteiger partial charge is 0.480 e. The van der Waals surface area contributed by atoms with Crippen LogP contribution in [0.5, 0.6) is 0 Å². The van der Waals surface area contributed by atoms with Gasteiger partial charge in [0.15, 0.2) is 0 Å². The second-order valence-electron chi connectivity index (χ2n) is 9.02. The summed E-state index contributed by atoms with van der Waals surface area (Å²) in [5, 5.41) is 14.4. The van der Waals surface area contributed by atoms with Crippen molar-refractivity contribution in [3.05, 3.63) is 69.7 Å². The summed E-state index contributed by atoms with van der Waals surface area (Å²) in [5.41, 5.74) is 1.03. The third-order valence-electron chi connectivity index (χ3n) is 5.21. The molecule has 0 heterocycles. The maximum atomic E-state index is 11.4. The lowest BCUT2D eigenvalue weighted by Gasteiger charge is -2.42. The molecule has 0 aliphatic carbocycles.